The highest BCUT2D eigenvalue weighted by atomic mass is 16.6. The zero-order chi connectivity index (χ0) is 28.2. The predicted octanol–water partition coefficient (Wildman–Crippen LogP) is 4.04. The maximum atomic E-state index is 12.8. The van der Waals surface area contributed by atoms with Crippen molar-refractivity contribution in [1.82, 2.24) is 0 Å². The molecule has 0 atom stereocenters. The smallest absolute Gasteiger partial charge is 0.339 e. The minimum Gasteiger partial charge on any atom is -0.478 e. The molecule has 2 aromatic rings. The SMILES string of the molecule is CCC1(COC(=O)c2cc(Oc3ccc(C(=O)O)c(C(=O)OCC4(CC)COC4)c3)ccc2C(=O)O)COC1. The number of rotatable bonds is 12. The van der Waals surface area contributed by atoms with E-state index in [0.29, 0.717) is 26.4 Å². The zero-order valence-electron chi connectivity index (χ0n) is 21.7. The van der Waals surface area contributed by atoms with Crippen LogP contribution in [-0.4, -0.2) is 73.7 Å². The van der Waals surface area contributed by atoms with Gasteiger partial charge in [-0.05, 0) is 49.2 Å². The van der Waals surface area contributed by atoms with Gasteiger partial charge in [0.15, 0.2) is 0 Å². The summed E-state index contributed by atoms with van der Waals surface area (Å²) in [7, 11) is 0. The average molecular weight is 543 g/mol. The van der Waals surface area contributed by atoms with Gasteiger partial charge in [0.1, 0.15) is 24.7 Å². The summed E-state index contributed by atoms with van der Waals surface area (Å²) in [6, 6.07) is 7.57. The Labute approximate surface area is 224 Å². The minimum atomic E-state index is -1.32. The standard InChI is InChI=1S/C28H30O11/c1-3-27(11-35-12-27)15-37-25(33)21-9-17(5-7-19(21)23(29)30)39-18-6-8-20(24(31)32)22(10-18)26(34)38-16-28(4-2)13-36-14-28/h5-10H,3-4,11-16H2,1-2H3,(H,29,30)(H,31,32). The lowest BCUT2D eigenvalue weighted by atomic mass is 9.84. The Morgan fingerprint density at radius 2 is 1.08 bits per heavy atom. The maximum Gasteiger partial charge on any atom is 0.339 e. The van der Waals surface area contributed by atoms with Crippen LogP contribution in [0, 0.1) is 10.8 Å². The Morgan fingerprint density at radius 3 is 1.36 bits per heavy atom. The Kier molecular flexibility index (Phi) is 8.22. The molecule has 0 amide bonds. The van der Waals surface area contributed by atoms with Crippen LogP contribution in [-0.2, 0) is 18.9 Å². The molecule has 4 rings (SSSR count). The van der Waals surface area contributed by atoms with Crippen molar-refractivity contribution < 1.29 is 53.1 Å². The van der Waals surface area contributed by atoms with Gasteiger partial charge in [-0.25, -0.2) is 19.2 Å². The number of carboxylic acids is 2. The third-order valence-electron chi connectivity index (χ3n) is 7.27. The van der Waals surface area contributed by atoms with Gasteiger partial charge in [-0.1, -0.05) is 13.8 Å². The van der Waals surface area contributed by atoms with E-state index in [1.165, 1.54) is 36.4 Å². The summed E-state index contributed by atoms with van der Waals surface area (Å²) in [5.74, 6) is -4.11. The van der Waals surface area contributed by atoms with Crippen molar-refractivity contribution in [2.45, 2.75) is 26.7 Å². The van der Waals surface area contributed by atoms with Crippen molar-refractivity contribution in [2.75, 3.05) is 39.6 Å². The van der Waals surface area contributed by atoms with E-state index in [0.717, 1.165) is 12.8 Å². The highest BCUT2D eigenvalue weighted by molar-refractivity contribution is 6.03. The van der Waals surface area contributed by atoms with E-state index in [1.54, 1.807) is 0 Å². The van der Waals surface area contributed by atoms with Crippen LogP contribution >= 0.6 is 0 Å². The summed E-state index contributed by atoms with van der Waals surface area (Å²) in [5, 5.41) is 19.1. The van der Waals surface area contributed by atoms with E-state index < -0.39 is 23.9 Å². The van der Waals surface area contributed by atoms with Gasteiger partial charge >= 0.3 is 23.9 Å². The highest BCUT2D eigenvalue weighted by Gasteiger charge is 2.39. The first kappa shape index (κ1) is 28.1. The van der Waals surface area contributed by atoms with Crippen LogP contribution in [0.3, 0.4) is 0 Å². The van der Waals surface area contributed by atoms with Crippen molar-refractivity contribution in [3.63, 3.8) is 0 Å². The third kappa shape index (κ3) is 6.04. The van der Waals surface area contributed by atoms with Crippen LogP contribution in [0.5, 0.6) is 11.5 Å². The first-order valence-electron chi connectivity index (χ1n) is 12.5. The van der Waals surface area contributed by atoms with Gasteiger partial charge < -0.3 is 33.9 Å². The van der Waals surface area contributed by atoms with Crippen LogP contribution in [0.25, 0.3) is 0 Å². The molecular weight excluding hydrogens is 512 g/mol. The molecule has 2 fully saturated rings. The van der Waals surface area contributed by atoms with Gasteiger partial charge in [-0.2, -0.15) is 0 Å². The molecule has 11 nitrogen and oxygen atoms in total. The number of aromatic carboxylic acids is 2. The second kappa shape index (κ2) is 11.4. The Hall–Kier alpha value is -3.96. The van der Waals surface area contributed by atoms with Gasteiger partial charge in [-0.3, -0.25) is 0 Å². The predicted molar refractivity (Wildman–Crippen MR) is 135 cm³/mol. The third-order valence-corrected chi connectivity index (χ3v) is 7.27. The molecule has 2 aromatic carbocycles. The van der Waals surface area contributed by atoms with Crippen LogP contribution in [0.4, 0.5) is 0 Å². The Bertz CT molecular complexity index is 1170. The normalized spacial score (nSPS) is 16.8. The molecular formula is C28H30O11. The second-order valence-corrected chi connectivity index (χ2v) is 9.97. The Morgan fingerprint density at radius 1 is 0.692 bits per heavy atom. The summed E-state index contributed by atoms with van der Waals surface area (Å²) in [4.78, 5) is 49.1. The van der Waals surface area contributed by atoms with Crippen molar-refractivity contribution in [2.24, 2.45) is 10.8 Å². The summed E-state index contributed by atoms with van der Waals surface area (Å²) in [6.45, 7) is 5.89. The lowest BCUT2D eigenvalue weighted by molar-refractivity contribution is -0.140. The molecule has 2 N–H and O–H groups in total. The van der Waals surface area contributed by atoms with Crippen LogP contribution < -0.4 is 4.74 Å². The van der Waals surface area contributed by atoms with Crippen LogP contribution in [0.15, 0.2) is 36.4 Å². The number of esters is 2. The maximum absolute atomic E-state index is 12.8. The molecule has 0 unspecified atom stereocenters. The summed E-state index contributed by atoms with van der Waals surface area (Å²) < 4.78 is 27.1. The lowest BCUT2D eigenvalue weighted by Crippen LogP contribution is -2.46. The average Bonchev–Trinajstić information content (AvgIpc) is 2.87. The molecule has 2 aliphatic heterocycles. The largest absolute Gasteiger partial charge is 0.478 e. The zero-order valence-corrected chi connectivity index (χ0v) is 21.7. The van der Waals surface area contributed by atoms with Crippen LogP contribution in [0.1, 0.15) is 68.1 Å². The number of hydrogen-bond acceptors (Lipinski definition) is 9. The molecule has 0 spiro atoms. The summed E-state index contributed by atoms with van der Waals surface area (Å²) >= 11 is 0. The van der Waals surface area contributed by atoms with E-state index >= 15 is 0 Å². The second-order valence-electron chi connectivity index (χ2n) is 9.97. The number of benzene rings is 2. The molecule has 0 bridgehead atoms. The number of ether oxygens (including phenoxy) is 5. The number of carbonyl (C=O) groups is 4. The van der Waals surface area contributed by atoms with Gasteiger partial charge in [0.25, 0.3) is 0 Å². The van der Waals surface area contributed by atoms with E-state index in [4.69, 9.17) is 23.7 Å². The molecule has 208 valence electrons. The molecule has 2 saturated heterocycles. The van der Waals surface area contributed by atoms with Crippen molar-refractivity contribution in [1.29, 1.82) is 0 Å². The van der Waals surface area contributed by atoms with Crippen molar-refractivity contribution in [3.05, 3.63) is 58.7 Å². The first-order chi connectivity index (χ1) is 18.6. The quantitative estimate of drug-likeness (QED) is 0.373. The van der Waals surface area contributed by atoms with Gasteiger partial charge in [0, 0.05) is 0 Å². The molecule has 0 saturated carbocycles. The molecule has 11 heteroatoms. The van der Waals surface area contributed by atoms with E-state index in [2.05, 4.69) is 0 Å². The van der Waals surface area contributed by atoms with E-state index in [-0.39, 0.29) is 57.8 Å². The summed E-state index contributed by atoms with van der Waals surface area (Å²) in [5.41, 5.74) is -1.52. The fraction of sp³-hybridized carbons (Fsp3) is 0.429. The number of hydrogen-bond donors (Lipinski definition) is 2. The molecule has 2 aliphatic rings. The number of carbonyl (C=O) groups excluding carboxylic acids is 2. The molecule has 2 heterocycles. The lowest BCUT2D eigenvalue weighted by Gasteiger charge is -2.39. The molecule has 0 aromatic heterocycles. The van der Waals surface area contributed by atoms with Crippen molar-refractivity contribution >= 4 is 23.9 Å². The first-order valence-corrected chi connectivity index (χ1v) is 12.5. The van der Waals surface area contributed by atoms with E-state index in [9.17, 15) is 29.4 Å². The molecule has 0 aliphatic carbocycles. The highest BCUT2D eigenvalue weighted by Crippen LogP contribution is 2.34. The van der Waals surface area contributed by atoms with E-state index in [1.807, 2.05) is 13.8 Å². The van der Waals surface area contributed by atoms with Gasteiger partial charge in [0.2, 0.25) is 0 Å². The Balaban J connectivity index is 1.54. The minimum absolute atomic E-state index is 0.0834. The van der Waals surface area contributed by atoms with Crippen LogP contribution in [0.2, 0.25) is 0 Å². The van der Waals surface area contributed by atoms with Gasteiger partial charge in [-0.15, -0.1) is 0 Å². The number of carboxylic acid groups (broad SMARTS) is 2. The molecule has 39 heavy (non-hydrogen) atoms. The van der Waals surface area contributed by atoms with Crippen molar-refractivity contribution in [3.8, 4) is 11.5 Å². The summed E-state index contributed by atoms with van der Waals surface area (Å²) in [6.07, 6.45) is 1.47. The fourth-order valence-corrected chi connectivity index (χ4v) is 4.17. The van der Waals surface area contributed by atoms with Gasteiger partial charge in [0.05, 0.1) is 59.5 Å². The monoisotopic (exact) mass is 542 g/mol. The molecule has 0 radical (unpaired) electrons. The topological polar surface area (TPSA) is 155 Å². The fourth-order valence-electron chi connectivity index (χ4n) is 4.17.